The fraction of sp³-hybridized carbons (Fsp3) is 0.467. The van der Waals surface area contributed by atoms with Crippen LogP contribution in [0.15, 0.2) is 38.5 Å². The van der Waals surface area contributed by atoms with Gasteiger partial charge in [-0.25, -0.2) is 0 Å². The Balaban J connectivity index is 3.03. The number of allylic oxidation sites excluding steroid dienone is 2. The van der Waals surface area contributed by atoms with E-state index in [-0.39, 0.29) is 4.90 Å². The highest BCUT2D eigenvalue weighted by atomic mass is 127. The lowest BCUT2D eigenvalue weighted by Crippen LogP contribution is -2.07. The molecular weight excluding hydrogens is 387 g/mol. The average molecular weight is 408 g/mol. The van der Waals surface area contributed by atoms with Gasteiger partial charge in [0, 0.05) is 10.0 Å². The summed E-state index contributed by atoms with van der Waals surface area (Å²) < 4.78 is 30.9. The van der Waals surface area contributed by atoms with E-state index in [1.54, 1.807) is 24.3 Å². The molecule has 0 radical (unpaired) electrons. The van der Waals surface area contributed by atoms with Crippen LogP contribution in [-0.2, 0) is 14.3 Å². The van der Waals surface area contributed by atoms with Crippen LogP contribution in [0.5, 0.6) is 0 Å². The van der Waals surface area contributed by atoms with Crippen molar-refractivity contribution in [2.24, 2.45) is 0 Å². The summed E-state index contributed by atoms with van der Waals surface area (Å²) in [6.45, 7) is 6.00. The van der Waals surface area contributed by atoms with E-state index in [1.807, 2.05) is 13.8 Å². The largest absolute Gasteiger partial charge is 0.383 e. The zero-order valence-corrected chi connectivity index (χ0v) is 15.1. The number of hydrogen-bond donors (Lipinski definition) is 0. The molecule has 5 heteroatoms. The van der Waals surface area contributed by atoms with Crippen LogP contribution in [0.2, 0.25) is 0 Å². The van der Waals surface area contributed by atoms with Crippen molar-refractivity contribution in [2.45, 2.75) is 51.3 Å². The quantitative estimate of drug-likeness (QED) is 0.364. The van der Waals surface area contributed by atoms with Gasteiger partial charge in [-0.3, -0.25) is 0 Å². The molecule has 1 rings (SSSR count). The second-order valence-corrected chi connectivity index (χ2v) is 7.53. The summed E-state index contributed by atoms with van der Waals surface area (Å²) in [5.41, 5.74) is 1.02. The molecule has 0 amide bonds. The molecule has 0 aromatic heterocycles. The van der Waals surface area contributed by atoms with Gasteiger partial charge in [0.2, 0.25) is 0 Å². The van der Waals surface area contributed by atoms with Crippen molar-refractivity contribution >= 4 is 32.7 Å². The van der Waals surface area contributed by atoms with E-state index in [9.17, 15) is 8.42 Å². The first-order chi connectivity index (χ1) is 9.40. The molecule has 20 heavy (non-hydrogen) atoms. The minimum Gasteiger partial charge on any atom is -0.383 e. The van der Waals surface area contributed by atoms with Gasteiger partial charge in [-0.15, -0.1) is 0 Å². The van der Waals surface area contributed by atoms with Crippen LogP contribution in [0.25, 0.3) is 0 Å². The highest BCUT2D eigenvalue weighted by molar-refractivity contribution is 14.1. The lowest BCUT2D eigenvalue weighted by molar-refractivity contribution is 0.386. The third-order valence-corrected chi connectivity index (χ3v) is 5.18. The Morgan fingerprint density at radius 1 is 1.10 bits per heavy atom. The van der Waals surface area contributed by atoms with E-state index < -0.39 is 10.1 Å². The molecule has 0 atom stereocenters. The maximum atomic E-state index is 12.3. The SMILES string of the molecule is CCC/C(I)=C(/CCC)OS(=O)(=O)c1ccc(C)cc1. The second kappa shape index (κ2) is 8.02. The predicted molar refractivity (Wildman–Crippen MR) is 90.3 cm³/mol. The molecule has 0 bridgehead atoms. The summed E-state index contributed by atoms with van der Waals surface area (Å²) in [7, 11) is -3.72. The zero-order chi connectivity index (χ0) is 15.2. The predicted octanol–water partition coefficient (Wildman–Crippen LogP) is 4.95. The van der Waals surface area contributed by atoms with Gasteiger partial charge in [-0.2, -0.15) is 8.42 Å². The molecule has 0 heterocycles. The Hall–Kier alpha value is -0.560. The number of benzene rings is 1. The van der Waals surface area contributed by atoms with Gasteiger partial charge in [-0.05, 0) is 54.5 Å². The smallest absolute Gasteiger partial charge is 0.338 e. The Labute approximate surface area is 135 Å². The molecule has 1 aromatic carbocycles. The van der Waals surface area contributed by atoms with Crippen LogP contribution in [0.3, 0.4) is 0 Å². The van der Waals surface area contributed by atoms with Gasteiger partial charge >= 0.3 is 10.1 Å². The molecule has 0 aliphatic carbocycles. The number of halogens is 1. The third kappa shape index (κ3) is 5.09. The molecule has 1 aromatic rings. The third-order valence-electron chi connectivity index (χ3n) is 2.77. The molecule has 0 fully saturated rings. The maximum absolute atomic E-state index is 12.3. The lowest BCUT2D eigenvalue weighted by Gasteiger charge is -2.12. The van der Waals surface area contributed by atoms with Gasteiger partial charge in [-0.1, -0.05) is 38.0 Å². The lowest BCUT2D eigenvalue weighted by atomic mass is 10.2. The van der Waals surface area contributed by atoms with Gasteiger partial charge in [0.05, 0.1) is 0 Å². The van der Waals surface area contributed by atoms with Crippen molar-refractivity contribution < 1.29 is 12.6 Å². The van der Waals surface area contributed by atoms with Crippen LogP contribution in [0.1, 0.15) is 45.1 Å². The van der Waals surface area contributed by atoms with E-state index in [1.165, 1.54) is 0 Å². The normalized spacial score (nSPS) is 13.0. The summed E-state index contributed by atoms with van der Waals surface area (Å²) in [6, 6.07) is 6.72. The summed E-state index contributed by atoms with van der Waals surface area (Å²) >= 11 is 2.18. The van der Waals surface area contributed by atoms with Crippen molar-refractivity contribution in [2.75, 3.05) is 0 Å². The highest BCUT2D eigenvalue weighted by Crippen LogP contribution is 2.27. The number of aryl methyl sites for hydroxylation is 1. The van der Waals surface area contributed by atoms with Crippen molar-refractivity contribution in [1.29, 1.82) is 0 Å². The van der Waals surface area contributed by atoms with Crippen LogP contribution < -0.4 is 0 Å². The molecule has 0 saturated heterocycles. The van der Waals surface area contributed by atoms with Crippen LogP contribution in [0, 0.1) is 6.92 Å². The minimum absolute atomic E-state index is 0.206. The fourth-order valence-electron chi connectivity index (χ4n) is 1.69. The summed E-state index contributed by atoms with van der Waals surface area (Å²) in [5, 5.41) is 0. The first-order valence-electron chi connectivity index (χ1n) is 6.79. The monoisotopic (exact) mass is 408 g/mol. The molecule has 0 N–H and O–H groups in total. The van der Waals surface area contributed by atoms with Gasteiger partial charge in [0.25, 0.3) is 0 Å². The van der Waals surface area contributed by atoms with Crippen LogP contribution in [0.4, 0.5) is 0 Å². The molecule has 0 saturated carbocycles. The molecule has 3 nitrogen and oxygen atoms in total. The maximum Gasteiger partial charge on any atom is 0.338 e. The average Bonchev–Trinajstić information content (AvgIpc) is 2.39. The Morgan fingerprint density at radius 2 is 1.65 bits per heavy atom. The fourth-order valence-corrected chi connectivity index (χ4v) is 3.78. The molecule has 0 spiro atoms. The highest BCUT2D eigenvalue weighted by Gasteiger charge is 2.19. The molecule has 0 aliphatic rings. The van der Waals surface area contributed by atoms with Crippen LogP contribution in [-0.4, -0.2) is 8.42 Å². The summed E-state index contributed by atoms with van der Waals surface area (Å²) in [4.78, 5) is 0.206. The first-order valence-corrected chi connectivity index (χ1v) is 9.28. The zero-order valence-electron chi connectivity index (χ0n) is 12.1. The van der Waals surface area contributed by atoms with E-state index in [2.05, 4.69) is 29.5 Å². The summed E-state index contributed by atoms with van der Waals surface area (Å²) in [6.07, 6.45) is 3.32. The Bertz CT molecular complexity index is 559. The van der Waals surface area contributed by atoms with Crippen molar-refractivity contribution in [3.63, 3.8) is 0 Å². The number of hydrogen-bond acceptors (Lipinski definition) is 3. The number of rotatable bonds is 7. The topological polar surface area (TPSA) is 43.4 Å². The van der Waals surface area contributed by atoms with Gasteiger partial charge < -0.3 is 4.18 Å². The van der Waals surface area contributed by atoms with E-state index in [0.29, 0.717) is 12.2 Å². The van der Waals surface area contributed by atoms with Crippen molar-refractivity contribution in [3.05, 3.63) is 39.2 Å². The summed E-state index contributed by atoms with van der Waals surface area (Å²) in [5.74, 6) is 0.579. The molecule has 0 aliphatic heterocycles. The minimum atomic E-state index is -3.72. The standard InChI is InChI=1S/C15H21IO3S/c1-4-6-14(16)15(7-5-2)19-20(17,18)13-10-8-12(3)9-11-13/h8-11H,4-7H2,1-3H3/b15-14+. The second-order valence-electron chi connectivity index (χ2n) is 4.68. The van der Waals surface area contributed by atoms with Gasteiger partial charge in [0.15, 0.2) is 0 Å². The molecular formula is C15H21IO3S. The van der Waals surface area contributed by atoms with Gasteiger partial charge in [0.1, 0.15) is 10.7 Å². The Morgan fingerprint density at radius 3 is 2.15 bits per heavy atom. The van der Waals surface area contributed by atoms with Crippen LogP contribution >= 0.6 is 22.6 Å². The molecule has 0 unspecified atom stereocenters. The van der Waals surface area contributed by atoms with Crippen molar-refractivity contribution in [1.82, 2.24) is 0 Å². The van der Waals surface area contributed by atoms with E-state index >= 15 is 0 Å². The first kappa shape index (κ1) is 17.5. The van der Waals surface area contributed by atoms with E-state index in [4.69, 9.17) is 4.18 Å². The van der Waals surface area contributed by atoms with E-state index in [0.717, 1.165) is 28.4 Å². The Kier molecular flexibility index (Phi) is 7.02. The molecule has 112 valence electrons. The van der Waals surface area contributed by atoms with Crippen molar-refractivity contribution in [3.8, 4) is 0 Å².